The van der Waals surface area contributed by atoms with Gasteiger partial charge in [0.25, 0.3) is 0 Å². The predicted molar refractivity (Wildman–Crippen MR) is 66.5 cm³/mol. The van der Waals surface area contributed by atoms with Crippen molar-refractivity contribution in [3.05, 3.63) is 29.6 Å². The number of hydrogen-bond acceptors (Lipinski definition) is 4. The van der Waals surface area contributed by atoms with E-state index in [2.05, 4.69) is 16.4 Å². The van der Waals surface area contributed by atoms with Gasteiger partial charge >= 0.3 is 5.97 Å². The first-order valence-electron chi connectivity index (χ1n) is 5.99. The van der Waals surface area contributed by atoms with Gasteiger partial charge in [0.15, 0.2) is 0 Å². The summed E-state index contributed by atoms with van der Waals surface area (Å²) in [5.41, 5.74) is 2.33. The maximum absolute atomic E-state index is 11.1. The number of carbonyl (C=O) groups excluding carboxylic acids is 1. The lowest BCUT2D eigenvalue weighted by Gasteiger charge is -2.05. The van der Waals surface area contributed by atoms with Gasteiger partial charge in [-0.05, 0) is 37.9 Å². The van der Waals surface area contributed by atoms with Crippen molar-refractivity contribution < 1.29 is 9.53 Å². The molecule has 0 spiro atoms. The molecule has 1 aromatic heterocycles. The van der Waals surface area contributed by atoms with E-state index in [1.54, 1.807) is 0 Å². The second-order valence-corrected chi connectivity index (χ2v) is 3.96. The molecule has 0 unspecified atom stereocenters. The maximum Gasteiger partial charge on any atom is 0.305 e. The normalized spacial score (nSPS) is 10.2. The molecule has 0 aliphatic heterocycles. The molecule has 0 saturated carbocycles. The zero-order valence-corrected chi connectivity index (χ0v) is 10.5. The van der Waals surface area contributed by atoms with Crippen molar-refractivity contribution in [1.29, 1.82) is 0 Å². The van der Waals surface area contributed by atoms with E-state index in [0.717, 1.165) is 25.1 Å². The van der Waals surface area contributed by atoms with Crippen LogP contribution in [0.3, 0.4) is 0 Å². The summed E-state index contributed by atoms with van der Waals surface area (Å²) in [6, 6.07) is 2.10. The molecule has 4 heteroatoms. The van der Waals surface area contributed by atoms with E-state index >= 15 is 0 Å². The first-order chi connectivity index (χ1) is 8.22. The minimum absolute atomic E-state index is 0.119. The van der Waals surface area contributed by atoms with Crippen LogP contribution in [-0.4, -0.2) is 24.1 Å². The number of aromatic nitrogens is 1. The summed E-state index contributed by atoms with van der Waals surface area (Å²) in [7, 11) is 0. The van der Waals surface area contributed by atoms with Gasteiger partial charge in [0.05, 0.1) is 6.61 Å². The van der Waals surface area contributed by atoms with Crippen molar-refractivity contribution in [3.8, 4) is 0 Å². The van der Waals surface area contributed by atoms with Gasteiger partial charge in [-0.25, -0.2) is 0 Å². The van der Waals surface area contributed by atoms with E-state index in [1.807, 2.05) is 26.2 Å². The molecule has 4 nitrogen and oxygen atoms in total. The molecular weight excluding hydrogens is 216 g/mol. The van der Waals surface area contributed by atoms with Gasteiger partial charge in [-0.3, -0.25) is 9.78 Å². The first kappa shape index (κ1) is 13.6. The average molecular weight is 236 g/mol. The molecule has 0 saturated heterocycles. The molecular formula is C13H20N2O2. The Labute approximate surface area is 102 Å². The van der Waals surface area contributed by atoms with Crippen LogP contribution in [-0.2, 0) is 16.1 Å². The largest absolute Gasteiger partial charge is 0.466 e. The average Bonchev–Trinajstić information content (AvgIpc) is 2.29. The quantitative estimate of drug-likeness (QED) is 0.579. The molecule has 0 atom stereocenters. The third kappa shape index (κ3) is 6.02. The van der Waals surface area contributed by atoms with Crippen LogP contribution in [0.4, 0.5) is 0 Å². The second kappa shape index (κ2) is 7.79. The molecule has 1 N–H and O–H groups in total. The number of nitrogens with one attached hydrogen (secondary N) is 1. The molecule has 17 heavy (non-hydrogen) atoms. The van der Waals surface area contributed by atoms with Gasteiger partial charge < -0.3 is 10.1 Å². The Balaban J connectivity index is 2.10. The number of esters is 1. The molecule has 0 aliphatic rings. The number of nitrogens with zero attached hydrogens (tertiary/aromatic N) is 1. The van der Waals surface area contributed by atoms with Crippen molar-refractivity contribution >= 4 is 5.97 Å². The summed E-state index contributed by atoms with van der Waals surface area (Å²) in [6.45, 7) is 5.91. The van der Waals surface area contributed by atoms with E-state index in [-0.39, 0.29) is 5.97 Å². The van der Waals surface area contributed by atoms with Gasteiger partial charge in [-0.1, -0.05) is 6.07 Å². The van der Waals surface area contributed by atoms with Crippen LogP contribution in [0, 0.1) is 6.92 Å². The van der Waals surface area contributed by atoms with Gasteiger partial charge in [0.1, 0.15) is 0 Å². The monoisotopic (exact) mass is 236 g/mol. The van der Waals surface area contributed by atoms with Crippen LogP contribution in [0.15, 0.2) is 18.5 Å². The molecule has 0 amide bonds. The zero-order chi connectivity index (χ0) is 12.5. The molecule has 0 aliphatic carbocycles. The van der Waals surface area contributed by atoms with E-state index in [0.29, 0.717) is 13.0 Å². The van der Waals surface area contributed by atoms with Crippen molar-refractivity contribution in [3.63, 3.8) is 0 Å². The summed E-state index contributed by atoms with van der Waals surface area (Å²) >= 11 is 0. The highest BCUT2D eigenvalue weighted by Crippen LogP contribution is 2.00. The van der Waals surface area contributed by atoms with E-state index in [4.69, 9.17) is 4.74 Å². The second-order valence-electron chi connectivity index (χ2n) is 3.96. The Hall–Kier alpha value is -1.42. The van der Waals surface area contributed by atoms with Crippen LogP contribution >= 0.6 is 0 Å². The fourth-order valence-corrected chi connectivity index (χ4v) is 1.54. The Morgan fingerprint density at radius 1 is 1.47 bits per heavy atom. The van der Waals surface area contributed by atoms with Gasteiger partial charge in [0.2, 0.25) is 0 Å². The summed E-state index contributed by atoms with van der Waals surface area (Å²) in [6.07, 6.45) is 4.97. The third-order valence-corrected chi connectivity index (χ3v) is 2.30. The molecule has 0 radical (unpaired) electrons. The Morgan fingerprint density at radius 3 is 3.00 bits per heavy atom. The topological polar surface area (TPSA) is 51.2 Å². The molecule has 0 aromatic carbocycles. The highest BCUT2D eigenvalue weighted by molar-refractivity contribution is 5.69. The standard InChI is InChI=1S/C13H20N2O2/c1-3-17-13(16)5-4-6-14-9-12-7-11(2)8-15-10-12/h7-8,10,14H,3-6,9H2,1-2H3. The lowest BCUT2D eigenvalue weighted by molar-refractivity contribution is -0.143. The number of hydrogen-bond donors (Lipinski definition) is 1. The molecule has 0 bridgehead atoms. The zero-order valence-electron chi connectivity index (χ0n) is 10.5. The number of pyridine rings is 1. The summed E-state index contributed by atoms with van der Waals surface area (Å²) in [4.78, 5) is 15.2. The molecule has 94 valence electrons. The summed E-state index contributed by atoms with van der Waals surface area (Å²) in [5, 5.41) is 3.28. The number of aryl methyl sites for hydroxylation is 1. The minimum Gasteiger partial charge on any atom is -0.466 e. The number of carbonyl (C=O) groups is 1. The van der Waals surface area contributed by atoms with Crippen LogP contribution in [0.25, 0.3) is 0 Å². The molecule has 1 rings (SSSR count). The highest BCUT2D eigenvalue weighted by Gasteiger charge is 2.00. The molecule has 1 aromatic rings. The Bertz CT molecular complexity index is 353. The lowest BCUT2D eigenvalue weighted by Crippen LogP contribution is -2.16. The summed E-state index contributed by atoms with van der Waals surface area (Å²) in [5.74, 6) is -0.119. The van der Waals surface area contributed by atoms with Crippen LogP contribution in [0.2, 0.25) is 0 Å². The third-order valence-electron chi connectivity index (χ3n) is 2.30. The van der Waals surface area contributed by atoms with Crippen molar-refractivity contribution in [2.24, 2.45) is 0 Å². The van der Waals surface area contributed by atoms with Crippen LogP contribution < -0.4 is 5.32 Å². The number of ether oxygens (including phenoxy) is 1. The van der Waals surface area contributed by atoms with E-state index in [1.165, 1.54) is 5.56 Å². The molecule has 0 fully saturated rings. The SMILES string of the molecule is CCOC(=O)CCCNCc1cncc(C)c1. The lowest BCUT2D eigenvalue weighted by atomic mass is 10.2. The van der Waals surface area contributed by atoms with Gasteiger partial charge in [0, 0.05) is 25.4 Å². The maximum atomic E-state index is 11.1. The van der Waals surface area contributed by atoms with Crippen molar-refractivity contribution in [2.45, 2.75) is 33.2 Å². The predicted octanol–water partition coefficient (Wildman–Crippen LogP) is 1.82. The van der Waals surface area contributed by atoms with Crippen LogP contribution in [0.1, 0.15) is 30.9 Å². The van der Waals surface area contributed by atoms with E-state index in [9.17, 15) is 4.79 Å². The van der Waals surface area contributed by atoms with Crippen LogP contribution in [0.5, 0.6) is 0 Å². The minimum atomic E-state index is -0.119. The van der Waals surface area contributed by atoms with Crippen molar-refractivity contribution in [1.82, 2.24) is 10.3 Å². The Kier molecular flexibility index (Phi) is 6.25. The first-order valence-corrected chi connectivity index (χ1v) is 5.99. The van der Waals surface area contributed by atoms with Gasteiger partial charge in [-0.15, -0.1) is 0 Å². The summed E-state index contributed by atoms with van der Waals surface area (Å²) < 4.78 is 4.85. The van der Waals surface area contributed by atoms with Gasteiger partial charge in [-0.2, -0.15) is 0 Å². The molecule has 1 heterocycles. The fraction of sp³-hybridized carbons (Fsp3) is 0.538. The Morgan fingerprint density at radius 2 is 2.29 bits per heavy atom. The highest BCUT2D eigenvalue weighted by atomic mass is 16.5. The fourth-order valence-electron chi connectivity index (χ4n) is 1.54. The number of rotatable bonds is 7. The van der Waals surface area contributed by atoms with Crippen molar-refractivity contribution in [2.75, 3.05) is 13.2 Å². The smallest absolute Gasteiger partial charge is 0.305 e. The van der Waals surface area contributed by atoms with E-state index < -0.39 is 0 Å².